The van der Waals surface area contributed by atoms with Crippen molar-refractivity contribution in [2.45, 2.75) is 25.5 Å². The van der Waals surface area contributed by atoms with E-state index in [1.807, 2.05) is 0 Å². The largest absolute Gasteiger partial charge is 0.435 e. The lowest BCUT2D eigenvalue weighted by atomic mass is 10.2. The Bertz CT molecular complexity index is 606. The number of alkyl halides is 4. The molecule has 2 aromatic rings. The number of hydrogen-bond donors (Lipinski definition) is 1. The first-order chi connectivity index (χ1) is 8.88. The van der Waals surface area contributed by atoms with Crippen LogP contribution in [-0.2, 0) is 18.6 Å². The second kappa shape index (κ2) is 4.97. The van der Waals surface area contributed by atoms with Gasteiger partial charge in [0.1, 0.15) is 0 Å². The molecule has 0 aliphatic carbocycles. The van der Waals surface area contributed by atoms with E-state index >= 15 is 0 Å². The molecule has 0 radical (unpaired) electrons. The highest BCUT2D eigenvalue weighted by Crippen LogP contribution is 2.31. The van der Waals surface area contributed by atoms with Gasteiger partial charge in [-0.3, -0.25) is 0 Å². The molecule has 1 N–H and O–H groups in total. The summed E-state index contributed by atoms with van der Waals surface area (Å²) >= 11 is 5.71. The molecular formula is C11H12ClF3N4. The van der Waals surface area contributed by atoms with Crippen molar-refractivity contribution in [3.63, 3.8) is 0 Å². The highest BCUT2D eigenvalue weighted by molar-refractivity contribution is 6.16. The molecule has 19 heavy (non-hydrogen) atoms. The lowest BCUT2D eigenvalue weighted by molar-refractivity contribution is -0.141. The van der Waals surface area contributed by atoms with Crippen LogP contribution >= 0.6 is 11.6 Å². The summed E-state index contributed by atoms with van der Waals surface area (Å²) in [6, 6.07) is 1.66. The third-order valence-electron chi connectivity index (χ3n) is 2.71. The molecule has 2 heterocycles. The maximum atomic E-state index is 12.8. The number of aromatic nitrogens is 3. The Balaban J connectivity index is 2.74. The highest BCUT2D eigenvalue weighted by atomic mass is 35.5. The summed E-state index contributed by atoms with van der Waals surface area (Å²) in [5.41, 5.74) is 0.393. The number of aryl methyl sites for hydroxylation is 1. The van der Waals surface area contributed by atoms with Crippen molar-refractivity contribution >= 4 is 17.2 Å². The van der Waals surface area contributed by atoms with Crippen LogP contribution in [0.4, 0.5) is 13.2 Å². The van der Waals surface area contributed by atoms with Gasteiger partial charge in [0.05, 0.1) is 17.3 Å². The second-order valence-electron chi connectivity index (χ2n) is 4.10. The molecule has 2 rings (SSSR count). The summed E-state index contributed by atoms with van der Waals surface area (Å²) in [6.07, 6.45) is -4.49. The number of fused-ring (bicyclic) bond motifs is 1. The lowest BCUT2D eigenvalue weighted by Crippen LogP contribution is -2.10. The minimum atomic E-state index is -4.49. The number of nitrogens with one attached hydrogen (secondary N) is 1. The highest BCUT2D eigenvalue weighted by Gasteiger charge is 2.37. The molecule has 0 spiro atoms. The smallest absolute Gasteiger partial charge is 0.316 e. The van der Waals surface area contributed by atoms with Gasteiger partial charge in [0.25, 0.3) is 0 Å². The average molecular weight is 293 g/mol. The van der Waals surface area contributed by atoms with Crippen molar-refractivity contribution in [3.05, 3.63) is 28.7 Å². The Hall–Kier alpha value is -1.34. The molecular weight excluding hydrogens is 281 g/mol. The lowest BCUT2D eigenvalue weighted by Gasteiger charge is -2.05. The molecule has 0 aliphatic rings. The third-order valence-corrected chi connectivity index (χ3v) is 2.98. The monoisotopic (exact) mass is 292 g/mol. The Morgan fingerprint density at radius 1 is 1.42 bits per heavy atom. The molecule has 2 aromatic heterocycles. The fraction of sp³-hybridized carbons (Fsp3) is 0.455. The summed E-state index contributed by atoms with van der Waals surface area (Å²) in [4.78, 5) is 3.67. The Kier molecular flexibility index (Phi) is 3.69. The second-order valence-corrected chi connectivity index (χ2v) is 4.37. The predicted octanol–water partition coefficient (Wildman–Crippen LogP) is 2.51. The van der Waals surface area contributed by atoms with Crippen molar-refractivity contribution in [2.75, 3.05) is 7.05 Å². The zero-order chi connectivity index (χ0) is 14.2. The number of rotatable bonds is 3. The van der Waals surface area contributed by atoms with Crippen LogP contribution in [0.15, 0.2) is 6.07 Å². The van der Waals surface area contributed by atoms with E-state index in [9.17, 15) is 13.2 Å². The van der Waals surface area contributed by atoms with Gasteiger partial charge in [-0.2, -0.15) is 18.3 Å². The van der Waals surface area contributed by atoms with Gasteiger partial charge >= 0.3 is 6.18 Å². The van der Waals surface area contributed by atoms with E-state index in [-0.39, 0.29) is 17.2 Å². The molecule has 104 valence electrons. The molecule has 4 nitrogen and oxygen atoms in total. The van der Waals surface area contributed by atoms with E-state index in [1.54, 1.807) is 13.1 Å². The molecule has 0 aromatic carbocycles. The van der Waals surface area contributed by atoms with Crippen LogP contribution < -0.4 is 5.32 Å². The standard InChI is InChI=1S/C11H12ClF3N4/c1-6-9(11(13,14)15)17-10-7(5-16-2)3-8(4-12)18-19(6)10/h3,16H,4-5H2,1-2H3. The molecule has 0 amide bonds. The fourth-order valence-corrected chi connectivity index (χ4v) is 2.03. The number of halogens is 4. The van der Waals surface area contributed by atoms with Gasteiger partial charge in [0.15, 0.2) is 11.3 Å². The molecule has 0 atom stereocenters. The maximum absolute atomic E-state index is 12.8. The van der Waals surface area contributed by atoms with Crippen molar-refractivity contribution < 1.29 is 13.2 Å². The first kappa shape index (κ1) is 14.1. The van der Waals surface area contributed by atoms with E-state index in [0.29, 0.717) is 17.8 Å². The molecule has 0 saturated heterocycles. The van der Waals surface area contributed by atoms with Gasteiger partial charge in [-0.15, -0.1) is 11.6 Å². The van der Waals surface area contributed by atoms with Gasteiger partial charge < -0.3 is 5.32 Å². The van der Waals surface area contributed by atoms with E-state index in [2.05, 4.69) is 15.4 Å². The van der Waals surface area contributed by atoms with E-state index in [4.69, 9.17) is 11.6 Å². The molecule has 0 saturated carbocycles. The van der Waals surface area contributed by atoms with Crippen molar-refractivity contribution in [1.29, 1.82) is 0 Å². The Labute approximate surface area is 112 Å². The first-order valence-corrected chi connectivity index (χ1v) is 6.07. The molecule has 0 fully saturated rings. The van der Waals surface area contributed by atoms with Crippen LogP contribution in [0.1, 0.15) is 22.6 Å². The number of hydrogen-bond acceptors (Lipinski definition) is 3. The van der Waals surface area contributed by atoms with Gasteiger partial charge in [0.2, 0.25) is 0 Å². The van der Waals surface area contributed by atoms with E-state index in [0.717, 1.165) is 0 Å². The predicted molar refractivity (Wildman–Crippen MR) is 65.0 cm³/mol. The Morgan fingerprint density at radius 2 is 2.11 bits per heavy atom. The Morgan fingerprint density at radius 3 is 2.63 bits per heavy atom. The minimum Gasteiger partial charge on any atom is -0.316 e. The molecule has 0 bridgehead atoms. The summed E-state index contributed by atoms with van der Waals surface area (Å²) in [6.45, 7) is 1.74. The SMILES string of the molecule is CNCc1cc(CCl)nn2c(C)c(C(F)(F)F)nc12. The normalized spacial score (nSPS) is 12.3. The minimum absolute atomic E-state index is 0.0354. The summed E-state index contributed by atoms with van der Waals surface area (Å²) in [5, 5.41) is 6.95. The molecule has 8 heteroatoms. The van der Waals surface area contributed by atoms with E-state index in [1.165, 1.54) is 11.4 Å². The van der Waals surface area contributed by atoms with Crippen LogP contribution in [0.25, 0.3) is 5.65 Å². The van der Waals surface area contributed by atoms with Crippen LogP contribution in [0, 0.1) is 6.92 Å². The van der Waals surface area contributed by atoms with Crippen LogP contribution in [0.2, 0.25) is 0 Å². The van der Waals surface area contributed by atoms with Gasteiger partial charge in [-0.25, -0.2) is 9.50 Å². The van der Waals surface area contributed by atoms with Crippen LogP contribution in [0.3, 0.4) is 0 Å². The summed E-state index contributed by atoms with van der Waals surface area (Å²) < 4.78 is 39.7. The topological polar surface area (TPSA) is 42.2 Å². The fourth-order valence-electron chi connectivity index (χ4n) is 1.90. The maximum Gasteiger partial charge on any atom is 0.435 e. The first-order valence-electron chi connectivity index (χ1n) is 5.54. The van der Waals surface area contributed by atoms with Gasteiger partial charge in [-0.1, -0.05) is 0 Å². The average Bonchev–Trinajstić information content (AvgIpc) is 2.67. The van der Waals surface area contributed by atoms with Gasteiger partial charge in [0, 0.05) is 12.1 Å². The third kappa shape index (κ3) is 2.52. The zero-order valence-electron chi connectivity index (χ0n) is 10.3. The van der Waals surface area contributed by atoms with Crippen molar-refractivity contribution in [3.8, 4) is 0 Å². The number of nitrogens with zero attached hydrogens (tertiary/aromatic N) is 3. The molecule has 0 aliphatic heterocycles. The van der Waals surface area contributed by atoms with E-state index < -0.39 is 11.9 Å². The van der Waals surface area contributed by atoms with Crippen LogP contribution in [-0.4, -0.2) is 21.6 Å². The molecule has 0 unspecified atom stereocenters. The summed E-state index contributed by atoms with van der Waals surface area (Å²) in [7, 11) is 1.71. The zero-order valence-corrected chi connectivity index (χ0v) is 11.1. The van der Waals surface area contributed by atoms with Gasteiger partial charge in [-0.05, 0) is 20.0 Å². The van der Waals surface area contributed by atoms with Crippen molar-refractivity contribution in [2.24, 2.45) is 0 Å². The van der Waals surface area contributed by atoms with Crippen molar-refractivity contribution in [1.82, 2.24) is 19.9 Å². The quantitative estimate of drug-likeness (QED) is 0.884. The summed E-state index contributed by atoms with van der Waals surface area (Å²) in [5.74, 6) is 0.131. The number of imidazole rings is 1. The van der Waals surface area contributed by atoms with Crippen LogP contribution in [0.5, 0.6) is 0 Å².